The Morgan fingerprint density at radius 2 is 1.71 bits per heavy atom. The van der Waals surface area contributed by atoms with Crippen molar-refractivity contribution in [3.63, 3.8) is 0 Å². The van der Waals surface area contributed by atoms with Gasteiger partial charge >= 0.3 is 0 Å². The van der Waals surface area contributed by atoms with Gasteiger partial charge in [-0.25, -0.2) is 0 Å². The molecule has 0 atom stereocenters. The average Bonchev–Trinajstić information content (AvgIpc) is 2.55. The quantitative estimate of drug-likeness (QED) is 0.731. The van der Waals surface area contributed by atoms with E-state index in [0.717, 1.165) is 17.9 Å². The first-order valence-electron chi connectivity index (χ1n) is 6.72. The molecule has 0 aliphatic carbocycles. The zero-order valence-corrected chi connectivity index (χ0v) is 11.9. The van der Waals surface area contributed by atoms with E-state index in [1.807, 2.05) is 30.3 Å². The van der Waals surface area contributed by atoms with Gasteiger partial charge in [0, 0.05) is 6.42 Å². The third kappa shape index (κ3) is 4.43. The molecule has 4 nitrogen and oxygen atoms in total. The van der Waals surface area contributed by atoms with Crippen molar-refractivity contribution in [2.75, 3.05) is 20.3 Å². The van der Waals surface area contributed by atoms with Gasteiger partial charge in [0.25, 0.3) is 0 Å². The maximum absolute atomic E-state index is 8.81. The summed E-state index contributed by atoms with van der Waals surface area (Å²) < 4.78 is 16.4. The molecule has 0 N–H and O–H groups in total. The Kier molecular flexibility index (Phi) is 5.48. The first kappa shape index (κ1) is 14.7. The first-order chi connectivity index (χ1) is 10.3. The van der Waals surface area contributed by atoms with Crippen LogP contribution in [0.1, 0.15) is 12.0 Å². The highest BCUT2D eigenvalue weighted by molar-refractivity contribution is 5.39. The van der Waals surface area contributed by atoms with Gasteiger partial charge < -0.3 is 14.2 Å². The number of ether oxygens (including phenoxy) is 3. The zero-order valence-electron chi connectivity index (χ0n) is 11.9. The highest BCUT2D eigenvalue weighted by atomic mass is 16.5. The molecule has 0 aliphatic rings. The summed E-state index contributed by atoms with van der Waals surface area (Å²) in [7, 11) is 1.62. The summed E-state index contributed by atoms with van der Waals surface area (Å²) in [5.74, 6) is 2.15. The largest absolute Gasteiger partial charge is 0.493 e. The fourth-order valence-corrected chi connectivity index (χ4v) is 1.82. The fraction of sp³-hybridized carbons (Fsp3) is 0.235. The molecular weight excluding hydrogens is 266 g/mol. The van der Waals surface area contributed by atoms with E-state index in [1.165, 1.54) is 0 Å². The van der Waals surface area contributed by atoms with Crippen LogP contribution >= 0.6 is 0 Å². The van der Waals surface area contributed by atoms with Crippen molar-refractivity contribution in [2.24, 2.45) is 0 Å². The number of para-hydroxylation sites is 2. The summed E-state index contributed by atoms with van der Waals surface area (Å²) in [6.45, 7) is 1.07. The monoisotopic (exact) mass is 283 g/mol. The predicted molar refractivity (Wildman–Crippen MR) is 79.8 cm³/mol. The minimum atomic E-state index is 0.532. The van der Waals surface area contributed by atoms with E-state index in [9.17, 15) is 0 Å². The van der Waals surface area contributed by atoms with Crippen molar-refractivity contribution >= 4 is 0 Å². The van der Waals surface area contributed by atoms with E-state index in [2.05, 4.69) is 6.07 Å². The molecule has 21 heavy (non-hydrogen) atoms. The molecule has 4 heteroatoms. The molecule has 0 bridgehead atoms. The Hall–Kier alpha value is -2.67. The van der Waals surface area contributed by atoms with E-state index in [0.29, 0.717) is 24.5 Å². The van der Waals surface area contributed by atoms with Gasteiger partial charge in [0.05, 0.1) is 32.0 Å². The van der Waals surface area contributed by atoms with Gasteiger partial charge in [0.2, 0.25) is 0 Å². The summed E-state index contributed by atoms with van der Waals surface area (Å²) in [4.78, 5) is 0. The Labute approximate surface area is 124 Å². The number of methoxy groups -OCH3 is 1. The molecule has 0 radical (unpaired) electrons. The second kappa shape index (κ2) is 7.81. The number of hydrogen-bond donors (Lipinski definition) is 0. The Balaban J connectivity index is 1.74. The second-order valence-electron chi connectivity index (χ2n) is 4.34. The number of benzene rings is 2. The van der Waals surface area contributed by atoms with Crippen LogP contribution in [0.2, 0.25) is 0 Å². The molecule has 0 amide bonds. The SMILES string of the molecule is COc1ccccc1OCCCOc1cccc(C#N)c1. The van der Waals surface area contributed by atoms with Gasteiger partial charge in [-0.1, -0.05) is 18.2 Å². The number of nitriles is 1. The number of nitrogens with zero attached hydrogens (tertiary/aromatic N) is 1. The van der Waals surface area contributed by atoms with Crippen molar-refractivity contribution < 1.29 is 14.2 Å². The van der Waals surface area contributed by atoms with Crippen LogP contribution in [0.25, 0.3) is 0 Å². The van der Waals surface area contributed by atoms with Crippen LogP contribution in [0.4, 0.5) is 0 Å². The molecule has 2 aromatic carbocycles. The normalized spacial score (nSPS) is 9.71. The molecule has 2 aromatic rings. The lowest BCUT2D eigenvalue weighted by Crippen LogP contribution is -2.05. The second-order valence-corrected chi connectivity index (χ2v) is 4.34. The van der Waals surface area contributed by atoms with E-state index in [-0.39, 0.29) is 0 Å². The van der Waals surface area contributed by atoms with Gasteiger partial charge in [-0.2, -0.15) is 5.26 Å². The maximum atomic E-state index is 8.81. The molecule has 108 valence electrons. The fourth-order valence-electron chi connectivity index (χ4n) is 1.82. The Morgan fingerprint density at radius 1 is 0.952 bits per heavy atom. The van der Waals surface area contributed by atoms with Crippen molar-refractivity contribution in [3.8, 4) is 23.3 Å². The molecule has 0 spiro atoms. The topological polar surface area (TPSA) is 51.5 Å². The molecular formula is C17H17NO3. The Bertz CT molecular complexity index is 619. The van der Waals surface area contributed by atoms with Crippen molar-refractivity contribution in [3.05, 3.63) is 54.1 Å². The van der Waals surface area contributed by atoms with Crippen LogP contribution in [-0.4, -0.2) is 20.3 Å². The van der Waals surface area contributed by atoms with Gasteiger partial charge in [-0.15, -0.1) is 0 Å². The Morgan fingerprint density at radius 3 is 2.48 bits per heavy atom. The van der Waals surface area contributed by atoms with Gasteiger partial charge in [0.1, 0.15) is 5.75 Å². The molecule has 2 rings (SSSR count). The lowest BCUT2D eigenvalue weighted by Gasteiger charge is -2.10. The summed E-state index contributed by atoms with van der Waals surface area (Å²) in [6, 6.07) is 16.7. The minimum absolute atomic E-state index is 0.532. The van der Waals surface area contributed by atoms with Gasteiger partial charge in [-0.3, -0.25) is 0 Å². The van der Waals surface area contributed by atoms with Crippen LogP contribution < -0.4 is 14.2 Å². The van der Waals surface area contributed by atoms with Crippen LogP contribution in [0.15, 0.2) is 48.5 Å². The smallest absolute Gasteiger partial charge is 0.161 e. The lowest BCUT2D eigenvalue weighted by molar-refractivity contribution is 0.240. The molecule has 0 fully saturated rings. The average molecular weight is 283 g/mol. The third-order valence-corrected chi connectivity index (χ3v) is 2.85. The summed E-state index contributed by atoms with van der Waals surface area (Å²) in [5, 5.41) is 8.81. The van der Waals surface area contributed by atoms with Crippen LogP contribution in [-0.2, 0) is 0 Å². The van der Waals surface area contributed by atoms with E-state index in [1.54, 1.807) is 25.3 Å². The molecule has 0 aromatic heterocycles. The summed E-state index contributed by atoms with van der Waals surface area (Å²) in [5.41, 5.74) is 0.595. The van der Waals surface area contributed by atoms with Gasteiger partial charge in [0.15, 0.2) is 11.5 Å². The summed E-state index contributed by atoms with van der Waals surface area (Å²) in [6.07, 6.45) is 0.745. The van der Waals surface area contributed by atoms with Gasteiger partial charge in [-0.05, 0) is 30.3 Å². The molecule has 0 aliphatic heterocycles. The number of hydrogen-bond acceptors (Lipinski definition) is 4. The van der Waals surface area contributed by atoms with E-state index in [4.69, 9.17) is 19.5 Å². The van der Waals surface area contributed by atoms with E-state index < -0.39 is 0 Å². The van der Waals surface area contributed by atoms with E-state index >= 15 is 0 Å². The van der Waals surface area contributed by atoms with Crippen LogP contribution in [0, 0.1) is 11.3 Å². The molecule has 0 saturated heterocycles. The zero-order chi connectivity index (χ0) is 14.9. The first-order valence-corrected chi connectivity index (χ1v) is 6.72. The standard InChI is InChI=1S/C17H17NO3/c1-19-16-8-2-3-9-17(16)21-11-5-10-20-15-7-4-6-14(12-15)13-18/h2-4,6-9,12H,5,10-11H2,1H3. The molecule has 0 saturated carbocycles. The van der Waals surface area contributed by atoms with Crippen molar-refractivity contribution in [1.29, 1.82) is 5.26 Å². The van der Waals surface area contributed by atoms with Crippen LogP contribution in [0.5, 0.6) is 17.2 Å². The van der Waals surface area contributed by atoms with Crippen molar-refractivity contribution in [2.45, 2.75) is 6.42 Å². The lowest BCUT2D eigenvalue weighted by atomic mass is 10.2. The van der Waals surface area contributed by atoms with Crippen LogP contribution in [0.3, 0.4) is 0 Å². The van der Waals surface area contributed by atoms with Crippen molar-refractivity contribution in [1.82, 2.24) is 0 Å². The summed E-state index contributed by atoms with van der Waals surface area (Å²) >= 11 is 0. The predicted octanol–water partition coefficient (Wildman–Crippen LogP) is 3.41. The minimum Gasteiger partial charge on any atom is -0.493 e. The number of rotatable bonds is 7. The maximum Gasteiger partial charge on any atom is 0.161 e. The highest BCUT2D eigenvalue weighted by Gasteiger charge is 2.02. The molecule has 0 unspecified atom stereocenters. The third-order valence-electron chi connectivity index (χ3n) is 2.85. The highest BCUT2D eigenvalue weighted by Crippen LogP contribution is 2.25. The molecule has 0 heterocycles.